The van der Waals surface area contributed by atoms with E-state index < -0.39 is 6.04 Å². The van der Waals surface area contributed by atoms with E-state index in [1.807, 2.05) is 30.2 Å². The van der Waals surface area contributed by atoms with Crippen LogP contribution in [0.15, 0.2) is 51.7 Å². The lowest BCUT2D eigenvalue weighted by Crippen LogP contribution is -2.50. The van der Waals surface area contributed by atoms with Crippen LogP contribution in [0.25, 0.3) is 0 Å². The van der Waals surface area contributed by atoms with Crippen molar-refractivity contribution in [1.29, 1.82) is 0 Å². The van der Waals surface area contributed by atoms with Crippen molar-refractivity contribution in [1.82, 2.24) is 15.5 Å². The lowest BCUT2D eigenvalue weighted by atomic mass is 9.98. The zero-order valence-electron chi connectivity index (χ0n) is 14.4. The van der Waals surface area contributed by atoms with E-state index in [4.69, 9.17) is 4.42 Å². The van der Waals surface area contributed by atoms with Crippen molar-refractivity contribution >= 4 is 17.6 Å². The molecule has 1 aliphatic carbocycles. The second-order valence-electron chi connectivity index (χ2n) is 6.64. The minimum Gasteiger partial charge on any atom is -0.465 e. The summed E-state index contributed by atoms with van der Waals surface area (Å²) in [7, 11) is 0. The molecule has 134 valence electrons. The van der Waals surface area contributed by atoms with E-state index in [2.05, 4.69) is 10.6 Å². The summed E-state index contributed by atoms with van der Waals surface area (Å²) in [5.41, 5.74) is 2.31. The number of aryl methyl sites for hydroxylation is 1. The van der Waals surface area contributed by atoms with Crippen LogP contribution in [-0.2, 0) is 20.9 Å². The monoisotopic (exact) mass is 353 g/mol. The van der Waals surface area contributed by atoms with Gasteiger partial charge in [0.05, 0.1) is 12.2 Å². The van der Waals surface area contributed by atoms with Crippen LogP contribution >= 0.6 is 0 Å². The first-order chi connectivity index (χ1) is 12.5. The van der Waals surface area contributed by atoms with Gasteiger partial charge in [0.15, 0.2) is 0 Å². The molecular formula is C19H19N3O4. The summed E-state index contributed by atoms with van der Waals surface area (Å²) in [6.45, 7) is 2.74. The van der Waals surface area contributed by atoms with Gasteiger partial charge in [0.25, 0.3) is 0 Å². The Balaban J connectivity index is 1.54. The van der Waals surface area contributed by atoms with E-state index in [-0.39, 0.29) is 17.6 Å². The third-order valence-electron chi connectivity index (χ3n) is 4.80. The highest BCUT2D eigenvalue weighted by atomic mass is 16.3. The Morgan fingerprint density at radius 3 is 2.85 bits per heavy atom. The molecule has 0 spiro atoms. The first kappa shape index (κ1) is 16.4. The van der Waals surface area contributed by atoms with Crippen LogP contribution in [-0.4, -0.2) is 35.1 Å². The summed E-state index contributed by atoms with van der Waals surface area (Å²) < 4.78 is 5.54. The van der Waals surface area contributed by atoms with Crippen molar-refractivity contribution in [3.05, 3.63) is 58.8 Å². The number of furan rings is 1. The zero-order valence-corrected chi connectivity index (χ0v) is 14.4. The van der Waals surface area contributed by atoms with Gasteiger partial charge < -0.3 is 14.6 Å². The average molecular weight is 353 g/mol. The Morgan fingerprint density at radius 1 is 1.27 bits per heavy atom. The van der Waals surface area contributed by atoms with Crippen molar-refractivity contribution in [3.63, 3.8) is 0 Å². The number of fused-ring (bicyclic) bond motifs is 1. The van der Waals surface area contributed by atoms with E-state index >= 15 is 0 Å². The van der Waals surface area contributed by atoms with Gasteiger partial charge in [-0.15, -0.1) is 0 Å². The molecule has 0 saturated carbocycles. The summed E-state index contributed by atoms with van der Waals surface area (Å²) in [4.78, 5) is 37.7. The molecule has 1 unspecified atom stereocenters. The number of ketones is 1. The molecule has 0 bridgehead atoms. The van der Waals surface area contributed by atoms with E-state index in [1.165, 1.54) is 6.08 Å². The molecule has 4 rings (SSSR count). The standard InChI is InChI=1S/C19H19N3O4/c1-11-2-4-13(26-11)8-20-18-14-10-22(9-12(14)3-6-16(18)23)15-5-7-17(24)21-19(15)25/h2-4,6,9,15,20H,5,7-8,10H2,1H3,(H,21,24,25). The predicted molar refractivity (Wildman–Crippen MR) is 92.4 cm³/mol. The van der Waals surface area contributed by atoms with Crippen LogP contribution in [0.5, 0.6) is 0 Å². The number of rotatable bonds is 4. The highest BCUT2D eigenvalue weighted by molar-refractivity contribution is 6.07. The number of carbonyl (C=O) groups excluding carboxylic acids is 3. The van der Waals surface area contributed by atoms with Gasteiger partial charge in [-0.3, -0.25) is 19.7 Å². The fourth-order valence-corrected chi connectivity index (χ4v) is 3.49. The molecule has 3 heterocycles. The van der Waals surface area contributed by atoms with Crippen molar-refractivity contribution in [2.24, 2.45) is 0 Å². The molecule has 1 fully saturated rings. The number of carbonyl (C=O) groups is 3. The molecule has 1 aromatic rings. The van der Waals surface area contributed by atoms with E-state index in [9.17, 15) is 14.4 Å². The third-order valence-corrected chi connectivity index (χ3v) is 4.80. The van der Waals surface area contributed by atoms with E-state index in [0.29, 0.717) is 31.6 Å². The molecule has 3 aliphatic rings. The van der Waals surface area contributed by atoms with Crippen LogP contribution in [0.4, 0.5) is 0 Å². The van der Waals surface area contributed by atoms with Crippen LogP contribution in [0.2, 0.25) is 0 Å². The molecule has 2 amide bonds. The molecular weight excluding hydrogens is 334 g/mol. The highest BCUT2D eigenvalue weighted by Crippen LogP contribution is 2.31. The largest absolute Gasteiger partial charge is 0.465 e. The fourth-order valence-electron chi connectivity index (χ4n) is 3.49. The van der Waals surface area contributed by atoms with Crippen molar-refractivity contribution < 1.29 is 18.8 Å². The predicted octanol–water partition coefficient (Wildman–Crippen LogP) is 1.08. The quantitative estimate of drug-likeness (QED) is 0.787. The first-order valence-electron chi connectivity index (χ1n) is 8.57. The lowest BCUT2D eigenvalue weighted by Gasteiger charge is -2.29. The fraction of sp³-hybridized carbons (Fsp3) is 0.316. The van der Waals surface area contributed by atoms with Crippen LogP contribution in [0.3, 0.4) is 0 Å². The Hall–Kier alpha value is -3.09. The number of amides is 2. The molecule has 26 heavy (non-hydrogen) atoms. The maximum Gasteiger partial charge on any atom is 0.249 e. The Kier molecular flexibility index (Phi) is 3.99. The maximum atomic E-state index is 12.3. The topological polar surface area (TPSA) is 91.7 Å². The summed E-state index contributed by atoms with van der Waals surface area (Å²) >= 11 is 0. The minimum absolute atomic E-state index is 0.0921. The van der Waals surface area contributed by atoms with E-state index in [0.717, 1.165) is 22.7 Å². The smallest absolute Gasteiger partial charge is 0.249 e. The molecule has 0 aromatic carbocycles. The Morgan fingerprint density at radius 2 is 2.12 bits per heavy atom. The second-order valence-corrected chi connectivity index (χ2v) is 6.64. The Labute approximate surface area is 150 Å². The lowest BCUT2D eigenvalue weighted by molar-refractivity contribution is -0.136. The van der Waals surface area contributed by atoms with E-state index in [1.54, 1.807) is 6.08 Å². The number of piperidine rings is 1. The molecule has 2 N–H and O–H groups in total. The average Bonchev–Trinajstić information content (AvgIpc) is 3.20. The maximum absolute atomic E-state index is 12.3. The number of hydrogen-bond donors (Lipinski definition) is 2. The normalized spacial score (nSPS) is 22.5. The highest BCUT2D eigenvalue weighted by Gasteiger charge is 2.35. The van der Waals surface area contributed by atoms with Gasteiger partial charge in [0.2, 0.25) is 17.6 Å². The summed E-state index contributed by atoms with van der Waals surface area (Å²) in [6.07, 6.45) is 5.99. The summed E-state index contributed by atoms with van der Waals surface area (Å²) in [6, 6.07) is 3.36. The SMILES string of the molecule is Cc1ccc(CNC2=C3CN(C4CCC(=O)NC4=O)C=C3C=CC2=O)o1. The molecule has 2 aliphatic heterocycles. The number of nitrogens with zero attached hydrogens (tertiary/aromatic N) is 1. The van der Waals surface area contributed by atoms with Crippen LogP contribution in [0, 0.1) is 6.92 Å². The second kappa shape index (κ2) is 6.33. The number of imide groups is 1. The number of nitrogens with one attached hydrogen (secondary N) is 2. The third kappa shape index (κ3) is 2.96. The Bertz CT molecular complexity index is 890. The van der Waals surface area contributed by atoms with Crippen molar-refractivity contribution in [2.75, 3.05) is 6.54 Å². The van der Waals surface area contributed by atoms with Crippen molar-refractivity contribution in [2.45, 2.75) is 32.4 Å². The summed E-state index contributed by atoms with van der Waals surface area (Å²) in [5, 5.41) is 5.56. The molecule has 0 radical (unpaired) electrons. The van der Waals surface area contributed by atoms with Gasteiger partial charge in [0, 0.05) is 24.7 Å². The van der Waals surface area contributed by atoms with Gasteiger partial charge in [-0.25, -0.2) is 0 Å². The van der Waals surface area contributed by atoms with Crippen LogP contribution in [0.1, 0.15) is 24.4 Å². The first-order valence-corrected chi connectivity index (χ1v) is 8.57. The molecule has 7 heteroatoms. The zero-order chi connectivity index (χ0) is 18.3. The van der Waals surface area contributed by atoms with Crippen LogP contribution < -0.4 is 10.6 Å². The van der Waals surface area contributed by atoms with Gasteiger partial charge in [-0.05, 0) is 43.2 Å². The van der Waals surface area contributed by atoms with Gasteiger partial charge in [-0.2, -0.15) is 0 Å². The molecule has 7 nitrogen and oxygen atoms in total. The van der Waals surface area contributed by atoms with Crippen molar-refractivity contribution in [3.8, 4) is 0 Å². The van der Waals surface area contributed by atoms with Gasteiger partial charge in [0.1, 0.15) is 17.6 Å². The van der Waals surface area contributed by atoms with Gasteiger partial charge in [-0.1, -0.05) is 0 Å². The number of hydrogen-bond acceptors (Lipinski definition) is 6. The summed E-state index contributed by atoms with van der Waals surface area (Å²) in [5.74, 6) is 0.961. The molecule has 1 saturated heterocycles. The molecule has 1 aromatic heterocycles. The number of allylic oxidation sites excluding steroid dienone is 2. The minimum atomic E-state index is -0.393. The molecule has 1 atom stereocenters. The van der Waals surface area contributed by atoms with Gasteiger partial charge >= 0.3 is 0 Å².